The maximum Gasteiger partial charge on any atom is 0.410 e. The molecule has 1 saturated carbocycles. The van der Waals surface area contributed by atoms with E-state index in [0.29, 0.717) is 18.0 Å². The summed E-state index contributed by atoms with van der Waals surface area (Å²) in [5.41, 5.74) is 1.34. The third-order valence-electron chi connectivity index (χ3n) is 5.65. The third kappa shape index (κ3) is 3.80. The lowest BCUT2D eigenvalue weighted by Gasteiger charge is -2.36. The van der Waals surface area contributed by atoms with Gasteiger partial charge in [-0.3, -0.25) is 0 Å². The molecule has 1 aromatic heterocycles. The molecule has 1 aliphatic carbocycles. The van der Waals surface area contributed by atoms with Crippen molar-refractivity contribution >= 4 is 17.1 Å². The Labute approximate surface area is 159 Å². The van der Waals surface area contributed by atoms with Crippen molar-refractivity contribution in [1.82, 2.24) is 14.5 Å². The Balaban J connectivity index is 1.47. The van der Waals surface area contributed by atoms with E-state index in [0.717, 1.165) is 44.3 Å². The van der Waals surface area contributed by atoms with Gasteiger partial charge in [0.25, 0.3) is 0 Å². The normalized spacial score (nSPS) is 26.1. The molecule has 0 radical (unpaired) electrons. The van der Waals surface area contributed by atoms with E-state index in [1.165, 1.54) is 12.1 Å². The van der Waals surface area contributed by atoms with Crippen LogP contribution in [0.25, 0.3) is 11.0 Å². The molecule has 1 aliphatic heterocycles. The van der Waals surface area contributed by atoms with Crippen LogP contribution in [0.3, 0.4) is 0 Å². The number of benzene rings is 1. The maximum atomic E-state index is 13.4. The largest absolute Gasteiger partial charge is 0.441 e. The number of rotatable bonds is 3. The van der Waals surface area contributed by atoms with Crippen LogP contribution in [0.2, 0.25) is 0 Å². The molecule has 1 spiro atoms. The number of aromatic nitrogens is 2. The molecule has 2 aliphatic rings. The lowest BCUT2D eigenvalue weighted by atomic mass is 9.77. The van der Waals surface area contributed by atoms with E-state index in [4.69, 9.17) is 4.74 Å². The fraction of sp³-hybridized carbons (Fsp3) is 0.619. The van der Waals surface area contributed by atoms with Crippen LogP contribution in [0, 0.1) is 17.2 Å². The highest BCUT2D eigenvalue weighted by Gasteiger charge is 2.48. The second kappa shape index (κ2) is 6.50. The first-order valence-corrected chi connectivity index (χ1v) is 9.81. The fourth-order valence-corrected chi connectivity index (χ4v) is 4.68. The predicted octanol–water partition coefficient (Wildman–Crippen LogP) is 4.60. The summed E-state index contributed by atoms with van der Waals surface area (Å²) >= 11 is 0. The van der Waals surface area contributed by atoms with Gasteiger partial charge in [-0.2, -0.15) is 0 Å². The Kier molecular flexibility index (Phi) is 4.40. The standard InChI is InChI=1S/C21H28FN3O2/c1-20(2,3)12-25-13-21(27-19(25)26)8-4-5-15(10-21)11-24-14-23-17-9-16(22)6-7-18(17)24/h6-7,9,14-15H,4-5,8,10-13H2,1-3H3. The lowest BCUT2D eigenvalue weighted by Crippen LogP contribution is -2.41. The molecule has 27 heavy (non-hydrogen) atoms. The van der Waals surface area contributed by atoms with Crippen molar-refractivity contribution in [3.05, 3.63) is 30.3 Å². The zero-order chi connectivity index (χ0) is 19.2. The Morgan fingerprint density at radius 1 is 1.37 bits per heavy atom. The molecular formula is C21H28FN3O2. The average Bonchev–Trinajstić information content (AvgIpc) is 3.07. The van der Waals surface area contributed by atoms with Crippen molar-refractivity contribution in [1.29, 1.82) is 0 Å². The summed E-state index contributed by atoms with van der Waals surface area (Å²) < 4.78 is 21.4. The second-order valence-corrected chi connectivity index (χ2v) is 9.46. The highest BCUT2D eigenvalue weighted by molar-refractivity contribution is 5.75. The quantitative estimate of drug-likeness (QED) is 0.790. The van der Waals surface area contributed by atoms with Gasteiger partial charge in [-0.15, -0.1) is 0 Å². The first-order valence-electron chi connectivity index (χ1n) is 9.81. The van der Waals surface area contributed by atoms with Gasteiger partial charge in [0.15, 0.2) is 0 Å². The van der Waals surface area contributed by atoms with E-state index in [1.54, 1.807) is 12.4 Å². The van der Waals surface area contributed by atoms with E-state index >= 15 is 0 Å². The molecule has 6 heteroatoms. The van der Waals surface area contributed by atoms with Gasteiger partial charge in [-0.05, 0) is 49.1 Å². The summed E-state index contributed by atoms with van der Waals surface area (Å²) in [6, 6.07) is 4.74. The minimum atomic E-state index is -0.353. The number of amides is 1. The average molecular weight is 373 g/mol. The van der Waals surface area contributed by atoms with Crippen LogP contribution >= 0.6 is 0 Å². The molecular weight excluding hydrogens is 345 g/mol. The number of carbonyl (C=O) groups excluding carboxylic acids is 1. The van der Waals surface area contributed by atoms with Gasteiger partial charge < -0.3 is 14.2 Å². The van der Waals surface area contributed by atoms with Crippen LogP contribution < -0.4 is 0 Å². The Morgan fingerprint density at radius 2 is 2.19 bits per heavy atom. The van der Waals surface area contributed by atoms with Crippen LogP contribution in [-0.4, -0.2) is 39.2 Å². The summed E-state index contributed by atoms with van der Waals surface area (Å²) in [7, 11) is 0. The van der Waals surface area contributed by atoms with Gasteiger partial charge in [0.05, 0.1) is 23.9 Å². The smallest absolute Gasteiger partial charge is 0.410 e. The number of hydrogen-bond donors (Lipinski definition) is 0. The first kappa shape index (κ1) is 18.3. The van der Waals surface area contributed by atoms with Crippen LogP contribution in [0.4, 0.5) is 9.18 Å². The summed E-state index contributed by atoms with van der Waals surface area (Å²) in [6.07, 6.45) is 5.60. The number of ether oxygens (including phenoxy) is 1. The molecule has 2 fully saturated rings. The number of nitrogens with zero attached hydrogens (tertiary/aromatic N) is 3. The minimum absolute atomic E-state index is 0.0591. The molecule has 146 valence electrons. The monoisotopic (exact) mass is 373 g/mol. The Hall–Kier alpha value is -2.11. The number of halogens is 1. The predicted molar refractivity (Wildman–Crippen MR) is 102 cm³/mol. The maximum absolute atomic E-state index is 13.4. The molecule has 2 unspecified atom stereocenters. The van der Waals surface area contributed by atoms with E-state index < -0.39 is 0 Å². The van der Waals surface area contributed by atoms with E-state index in [9.17, 15) is 9.18 Å². The van der Waals surface area contributed by atoms with Gasteiger partial charge >= 0.3 is 6.09 Å². The SMILES string of the molecule is CC(C)(C)CN1CC2(CCCC(Cn3cnc4cc(F)ccc43)C2)OC1=O. The molecule has 0 bridgehead atoms. The van der Waals surface area contributed by atoms with Crippen LogP contribution in [0.5, 0.6) is 0 Å². The molecule has 5 nitrogen and oxygen atoms in total. The molecule has 2 heterocycles. The van der Waals surface area contributed by atoms with Crippen molar-refractivity contribution in [2.45, 2.75) is 58.6 Å². The molecule has 2 atom stereocenters. The highest BCUT2D eigenvalue weighted by atomic mass is 19.1. The van der Waals surface area contributed by atoms with Gasteiger partial charge in [-0.25, -0.2) is 14.2 Å². The number of fused-ring (bicyclic) bond motifs is 1. The van der Waals surface area contributed by atoms with Gasteiger partial charge in [-0.1, -0.05) is 20.8 Å². The van der Waals surface area contributed by atoms with E-state index in [1.807, 2.05) is 4.90 Å². The fourth-order valence-electron chi connectivity index (χ4n) is 4.68. The zero-order valence-corrected chi connectivity index (χ0v) is 16.4. The van der Waals surface area contributed by atoms with Crippen molar-refractivity contribution in [3.8, 4) is 0 Å². The molecule has 2 aromatic rings. The third-order valence-corrected chi connectivity index (χ3v) is 5.65. The number of hydrogen-bond acceptors (Lipinski definition) is 3. The molecule has 1 saturated heterocycles. The topological polar surface area (TPSA) is 47.4 Å². The van der Waals surface area contributed by atoms with E-state index in [2.05, 4.69) is 30.3 Å². The second-order valence-electron chi connectivity index (χ2n) is 9.46. The number of imidazole rings is 1. The van der Waals surface area contributed by atoms with Crippen molar-refractivity contribution < 1.29 is 13.9 Å². The summed E-state index contributed by atoms with van der Waals surface area (Å²) in [5, 5.41) is 0. The van der Waals surface area contributed by atoms with Crippen LogP contribution in [0.1, 0.15) is 46.5 Å². The van der Waals surface area contributed by atoms with Crippen molar-refractivity contribution in [2.75, 3.05) is 13.1 Å². The van der Waals surface area contributed by atoms with E-state index in [-0.39, 0.29) is 22.9 Å². The van der Waals surface area contributed by atoms with Gasteiger partial charge in [0, 0.05) is 19.2 Å². The van der Waals surface area contributed by atoms with Crippen molar-refractivity contribution in [3.63, 3.8) is 0 Å². The molecule has 0 N–H and O–H groups in total. The minimum Gasteiger partial charge on any atom is -0.441 e. The van der Waals surface area contributed by atoms with Gasteiger partial charge in [0.2, 0.25) is 0 Å². The highest BCUT2D eigenvalue weighted by Crippen LogP contribution is 2.41. The van der Waals surface area contributed by atoms with Crippen LogP contribution in [-0.2, 0) is 11.3 Å². The Morgan fingerprint density at radius 3 is 2.96 bits per heavy atom. The number of carbonyl (C=O) groups is 1. The Bertz CT molecular complexity index is 857. The van der Waals surface area contributed by atoms with Gasteiger partial charge in [0.1, 0.15) is 11.4 Å². The van der Waals surface area contributed by atoms with Crippen molar-refractivity contribution in [2.24, 2.45) is 11.3 Å². The summed E-state index contributed by atoms with van der Waals surface area (Å²) in [5.74, 6) is 0.157. The van der Waals surface area contributed by atoms with Crippen LogP contribution in [0.15, 0.2) is 24.5 Å². The lowest BCUT2D eigenvalue weighted by molar-refractivity contribution is 0.00413. The molecule has 4 rings (SSSR count). The zero-order valence-electron chi connectivity index (χ0n) is 16.4. The first-order chi connectivity index (χ1) is 12.7. The molecule has 1 amide bonds. The molecule has 1 aromatic carbocycles. The summed E-state index contributed by atoms with van der Waals surface area (Å²) in [6.45, 7) is 8.65. The summed E-state index contributed by atoms with van der Waals surface area (Å²) in [4.78, 5) is 18.6.